The van der Waals surface area contributed by atoms with Crippen molar-refractivity contribution in [3.8, 4) is 0 Å². The molecule has 0 aromatic heterocycles. The maximum Gasteiger partial charge on any atom is 0.408 e. The van der Waals surface area contributed by atoms with Gasteiger partial charge in [0.15, 0.2) is 0 Å². The number of alkyl carbamates (subject to hydrolysis) is 1. The van der Waals surface area contributed by atoms with E-state index in [1.165, 1.54) is 0 Å². The summed E-state index contributed by atoms with van der Waals surface area (Å²) < 4.78 is 5.02. The van der Waals surface area contributed by atoms with Crippen LogP contribution in [-0.2, 0) is 9.53 Å². The van der Waals surface area contributed by atoms with Crippen molar-refractivity contribution < 1.29 is 19.4 Å². The number of carboxylic acids is 1. The maximum absolute atomic E-state index is 11.5. The molecular formula is C13H24N2O4. The smallest absolute Gasteiger partial charge is 0.408 e. The topological polar surface area (TPSA) is 87.7 Å². The zero-order valence-corrected chi connectivity index (χ0v) is 11.9. The molecule has 0 aromatic carbocycles. The fraction of sp³-hybridized carbons (Fsp3) is 0.692. The molecule has 110 valence electrons. The maximum atomic E-state index is 11.5. The molecule has 3 N–H and O–H groups in total. The summed E-state index contributed by atoms with van der Waals surface area (Å²) >= 11 is 0. The largest absolute Gasteiger partial charge is 0.480 e. The first-order valence-corrected chi connectivity index (χ1v) is 6.30. The van der Waals surface area contributed by atoms with Crippen LogP contribution < -0.4 is 10.6 Å². The summed E-state index contributed by atoms with van der Waals surface area (Å²) in [5, 5.41) is 14.4. The minimum atomic E-state index is -1.06. The van der Waals surface area contributed by atoms with E-state index >= 15 is 0 Å². The van der Waals surface area contributed by atoms with Gasteiger partial charge in [-0.1, -0.05) is 6.08 Å². The number of hydrogen-bond donors (Lipinski definition) is 3. The Kier molecular flexibility index (Phi) is 7.83. The van der Waals surface area contributed by atoms with Crippen molar-refractivity contribution in [1.29, 1.82) is 0 Å². The fourth-order valence-electron chi connectivity index (χ4n) is 1.34. The Labute approximate surface area is 114 Å². The number of carbonyl (C=O) groups is 2. The minimum absolute atomic E-state index is 0.346. The normalized spacial score (nSPS) is 12.6. The second-order valence-electron chi connectivity index (χ2n) is 5.17. The molecular weight excluding hydrogens is 248 g/mol. The van der Waals surface area contributed by atoms with Gasteiger partial charge in [0, 0.05) is 6.54 Å². The molecule has 1 atom stereocenters. The molecule has 0 saturated carbocycles. The lowest BCUT2D eigenvalue weighted by molar-refractivity contribution is -0.139. The van der Waals surface area contributed by atoms with Crippen LogP contribution in [0.15, 0.2) is 12.7 Å². The van der Waals surface area contributed by atoms with Gasteiger partial charge in [0.1, 0.15) is 11.6 Å². The van der Waals surface area contributed by atoms with Crippen LogP contribution in [0.4, 0.5) is 4.79 Å². The van der Waals surface area contributed by atoms with Crippen LogP contribution >= 0.6 is 0 Å². The first-order chi connectivity index (χ1) is 8.76. The zero-order chi connectivity index (χ0) is 14.9. The molecule has 6 nitrogen and oxygen atoms in total. The first-order valence-electron chi connectivity index (χ1n) is 6.30. The van der Waals surface area contributed by atoms with Crippen LogP contribution in [0, 0.1) is 0 Å². The molecule has 0 aromatic rings. The van der Waals surface area contributed by atoms with Crippen molar-refractivity contribution in [1.82, 2.24) is 10.6 Å². The highest BCUT2D eigenvalue weighted by Gasteiger charge is 2.23. The lowest BCUT2D eigenvalue weighted by Gasteiger charge is -2.22. The Morgan fingerprint density at radius 2 is 2.05 bits per heavy atom. The number of hydrogen-bond acceptors (Lipinski definition) is 4. The molecule has 0 bridgehead atoms. The average Bonchev–Trinajstić information content (AvgIpc) is 2.24. The van der Waals surface area contributed by atoms with E-state index in [1.807, 2.05) is 0 Å². The summed E-state index contributed by atoms with van der Waals surface area (Å²) in [7, 11) is 0. The quantitative estimate of drug-likeness (QED) is 0.460. The Morgan fingerprint density at radius 1 is 1.42 bits per heavy atom. The second kappa shape index (κ2) is 8.53. The van der Waals surface area contributed by atoms with E-state index in [-0.39, 0.29) is 0 Å². The highest BCUT2D eigenvalue weighted by atomic mass is 16.6. The predicted molar refractivity (Wildman–Crippen MR) is 73.1 cm³/mol. The molecule has 0 spiro atoms. The summed E-state index contributed by atoms with van der Waals surface area (Å²) in [5.41, 5.74) is -0.640. The molecule has 0 aliphatic carbocycles. The van der Waals surface area contributed by atoms with Gasteiger partial charge >= 0.3 is 12.1 Å². The third-order valence-corrected chi connectivity index (χ3v) is 2.12. The van der Waals surface area contributed by atoms with E-state index in [0.717, 1.165) is 0 Å². The molecule has 1 amide bonds. The summed E-state index contributed by atoms with van der Waals surface area (Å²) in [4.78, 5) is 22.5. The summed E-state index contributed by atoms with van der Waals surface area (Å²) in [6.45, 7) is 10.1. The molecule has 0 aliphatic heterocycles. The Morgan fingerprint density at radius 3 is 2.53 bits per heavy atom. The fourth-order valence-corrected chi connectivity index (χ4v) is 1.34. The number of rotatable bonds is 8. The summed E-state index contributed by atoms with van der Waals surface area (Å²) in [6, 6.07) is -0.930. The van der Waals surface area contributed by atoms with E-state index in [4.69, 9.17) is 9.84 Å². The van der Waals surface area contributed by atoms with E-state index in [2.05, 4.69) is 17.2 Å². The van der Waals surface area contributed by atoms with Gasteiger partial charge < -0.3 is 20.5 Å². The number of ether oxygens (including phenoxy) is 1. The minimum Gasteiger partial charge on any atom is -0.480 e. The monoisotopic (exact) mass is 272 g/mol. The lowest BCUT2D eigenvalue weighted by atomic mass is 10.1. The molecule has 0 saturated heterocycles. The van der Waals surface area contributed by atoms with E-state index in [9.17, 15) is 9.59 Å². The van der Waals surface area contributed by atoms with Gasteiger partial charge in [-0.15, -0.1) is 6.58 Å². The van der Waals surface area contributed by atoms with Crippen molar-refractivity contribution >= 4 is 12.1 Å². The highest BCUT2D eigenvalue weighted by molar-refractivity contribution is 5.79. The van der Waals surface area contributed by atoms with Crippen LogP contribution in [0.25, 0.3) is 0 Å². The Hall–Kier alpha value is -1.56. The second-order valence-corrected chi connectivity index (χ2v) is 5.17. The number of carboxylic acid groups (broad SMARTS) is 1. The highest BCUT2D eigenvalue weighted by Crippen LogP contribution is 2.07. The molecule has 0 unspecified atom stereocenters. The summed E-state index contributed by atoms with van der Waals surface area (Å²) in [5.74, 6) is -1.06. The van der Waals surface area contributed by atoms with E-state index in [1.54, 1.807) is 26.8 Å². The lowest BCUT2D eigenvalue weighted by Crippen LogP contribution is -2.43. The van der Waals surface area contributed by atoms with Crippen LogP contribution in [0.3, 0.4) is 0 Å². The van der Waals surface area contributed by atoms with E-state index < -0.39 is 23.7 Å². The standard InChI is InChI=1S/C13H24N2O4/c1-5-8-14-9-6-7-10(11(16)17)15-12(18)19-13(2,3)4/h5,10,14H,1,6-9H2,2-4H3,(H,15,18)(H,16,17)/t10-/m0/s1. The molecule has 0 radical (unpaired) electrons. The molecule has 0 aliphatic rings. The van der Waals surface area contributed by atoms with Crippen molar-refractivity contribution in [2.45, 2.75) is 45.3 Å². The Balaban J connectivity index is 4.08. The van der Waals surface area contributed by atoms with Gasteiger partial charge in [0.25, 0.3) is 0 Å². The number of aliphatic carboxylic acids is 1. The molecule has 0 rings (SSSR count). The molecule has 0 fully saturated rings. The predicted octanol–water partition coefficient (Wildman–Crippen LogP) is 1.52. The number of amides is 1. The SMILES string of the molecule is C=CCNCCC[C@H](NC(=O)OC(C)(C)C)C(=O)O. The zero-order valence-electron chi connectivity index (χ0n) is 11.9. The van der Waals surface area contributed by atoms with Crippen LogP contribution in [-0.4, -0.2) is 41.9 Å². The van der Waals surface area contributed by atoms with Gasteiger partial charge in [-0.2, -0.15) is 0 Å². The van der Waals surface area contributed by atoms with Crippen molar-refractivity contribution in [3.63, 3.8) is 0 Å². The van der Waals surface area contributed by atoms with Gasteiger partial charge in [-0.25, -0.2) is 9.59 Å². The summed E-state index contributed by atoms with van der Waals surface area (Å²) in [6.07, 6.45) is 2.01. The first kappa shape index (κ1) is 17.4. The third kappa shape index (κ3) is 10.1. The van der Waals surface area contributed by atoms with Crippen LogP contribution in [0.5, 0.6) is 0 Å². The van der Waals surface area contributed by atoms with Crippen molar-refractivity contribution in [2.24, 2.45) is 0 Å². The number of carbonyl (C=O) groups excluding carboxylic acids is 1. The molecule has 0 heterocycles. The molecule has 6 heteroatoms. The van der Waals surface area contributed by atoms with Crippen molar-refractivity contribution in [3.05, 3.63) is 12.7 Å². The third-order valence-electron chi connectivity index (χ3n) is 2.12. The average molecular weight is 272 g/mol. The van der Waals surface area contributed by atoms with Crippen molar-refractivity contribution in [2.75, 3.05) is 13.1 Å². The van der Waals surface area contributed by atoms with Gasteiger partial charge in [0.2, 0.25) is 0 Å². The Bertz CT molecular complexity index is 310. The van der Waals surface area contributed by atoms with E-state index in [0.29, 0.717) is 25.9 Å². The van der Waals surface area contributed by atoms with Gasteiger partial charge in [-0.3, -0.25) is 0 Å². The van der Waals surface area contributed by atoms with Gasteiger partial charge in [-0.05, 0) is 40.2 Å². The van der Waals surface area contributed by atoms with Crippen LogP contribution in [0.1, 0.15) is 33.6 Å². The number of nitrogens with one attached hydrogen (secondary N) is 2. The molecule has 19 heavy (non-hydrogen) atoms. The van der Waals surface area contributed by atoms with Gasteiger partial charge in [0.05, 0.1) is 0 Å². The van der Waals surface area contributed by atoms with Crippen LogP contribution in [0.2, 0.25) is 0 Å².